The number of ether oxygens (including phenoxy) is 3. The summed E-state index contributed by atoms with van der Waals surface area (Å²) in [5.41, 5.74) is 3.05. The molecule has 2 heterocycles. The lowest BCUT2D eigenvalue weighted by atomic mass is 9.94. The molecule has 1 fully saturated rings. The van der Waals surface area contributed by atoms with E-state index in [1.54, 1.807) is 0 Å². The van der Waals surface area contributed by atoms with Gasteiger partial charge in [0.05, 0.1) is 27.4 Å². The van der Waals surface area contributed by atoms with Crippen LogP contribution in [0.25, 0.3) is 0 Å². The van der Waals surface area contributed by atoms with E-state index in [0.29, 0.717) is 13.2 Å². The van der Waals surface area contributed by atoms with Crippen molar-refractivity contribution >= 4 is 19.4 Å². The molecule has 45 heavy (non-hydrogen) atoms. The van der Waals surface area contributed by atoms with Crippen molar-refractivity contribution in [1.29, 1.82) is 0 Å². The first-order valence-electron chi connectivity index (χ1n) is 15.7. The standard InChI is InChI=1S/C38H41NO5Si/c1-45(2,32-21-13-6-14-22-32)28-33-35-24-23-34(39(44-35)38(40)43-27-31-19-11-5-12-20-31)37(42-26-30-17-9-4-10-18-30)36(33)41-25-29-15-7-3-8-16-29/h3-24,33-37H,25-28H2,1-2H3/t33-,34+,35-,36+,37-/m1/s1. The molecule has 0 N–H and O–H groups in total. The first-order valence-corrected chi connectivity index (χ1v) is 18.9. The zero-order valence-corrected chi connectivity index (χ0v) is 26.9. The minimum absolute atomic E-state index is 0.0652. The molecule has 1 saturated heterocycles. The fraction of sp³-hybridized carbons (Fsp3) is 0.289. The number of carbonyl (C=O) groups excluding carboxylic acids is 1. The summed E-state index contributed by atoms with van der Waals surface area (Å²) in [5, 5.41) is 2.76. The number of hydroxylamine groups is 2. The van der Waals surface area contributed by atoms with Crippen LogP contribution in [0.15, 0.2) is 133 Å². The van der Waals surface area contributed by atoms with Crippen molar-refractivity contribution in [3.05, 3.63) is 150 Å². The quantitative estimate of drug-likeness (QED) is 0.131. The van der Waals surface area contributed by atoms with Gasteiger partial charge in [0.2, 0.25) is 0 Å². The Hall–Kier alpha value is -4.01. The number of carbonyl (C=O) groups is 1. The van der Waals surface area contributed by atoms with Gasteiger partial charge in [-0.05, 0) is 22.7 Å². The Kier molecular flexibility index (Phi) is 9.91. The van der Waals surface area contributed by atoms with Crippen molar-refractivity contribution in [1.82, 2.24) is 5.06 Å². The maximum absolute atomic E-state index is 13.7. The van der Waals surface area contributed by atoms with Crippen LogP contribution in [0.4, 0.5) is 4.79 Å². The fourth-order valence-corrected chi connectivity index (χ4v) is 9.32. The first-order chi connectivity index (χ1) is 22.0. The topological polar surface area (TPSA) is 57.2 Å². The predicted octanol–water partition coefficient (Wildman–Crippen LogP) is 7.28. The summed E-state index contributed by atoms with van der Waals surface area (Å²) < 4.78 is 19.5. The van der Waals surface area contributed by atoms with Crippen LogP contribution in [0.2, 0.25) is 19.1 Å². The van der Waals surface area contributed by atoms with Crippen LogP contribution in [0.5, 0.6) is 0 Å². The van der Waals surface area contributed by atoms with Gasteiger partial charge in [0, 0.05) is 5.92 Å². The highest BCUT2D eigenvalue weighted by Gasteiger charge is 2.52. The number of benzene rings is 4. The third-order valence-corrected chi connectivity index (χ3v) is 12.2. The molecule has 4 aromatic carbocycles. The highest BCUT2D eigenvalue weighted by molar-refractivity contribution is 6.89. The van der Waals surface area contributed by atoms with E-state index in [9.17, 15) is 4.79 Å². The van der Waals surface area contributed by atoms with Gasteiger partial charge in [0.25, 0.3) is 0 Å². The fourth-order valence-electron chi connectivity index (χ4n) is 6.35. The lowest BCUT2D eigenvalue weighted by Gasteiger charge is -2.36. The molecule has 5 atom stereocenters. The Morgan fingerprint density at radius 1 is 0.667 bits per heavy atom. The van der Waals surface area contributed by atoms with E-state index in [2.05, 4.69) is 73.8 Å². The summed E-state index contributed by atoms with van der Waals surface area (Å²) in [6.45, 7) is 5.75. The Labute approximate surface area is 267 Å². The normalized spacial score (nSPS) is 22.6. The molecule has 3 aliphatic rings. The molecule has 7 rings (SSSR count). The molecule has 0 radical (unpaired) electrons. The van der Waals surface area contributed by atoms with Crippen LogP contribution >= 0.6 is 0 Å². The zero-order valence-electron chi connectivity index (χ0n) is 25.9. The Morgan fingerprint density at radius 2 is 1.16 bits per heavy atom. The van der Waals surface area contributed by atoms with E-state index < -0.39 is 26.3 Å². The van der Waals surface area contributed by atoms with E-state index in [1.807, 2.05) is 72.8 Å². The van der Waals surface area contributed by atoms with Gasteiger partial charge >= 0.3 is 6.09 Å². The van der Waals surface area contributed by atoms with Crippen molar-refractivity contribution in [3.8, 4) is 0 Å². The van der Waals surface area contributed by atoms with Crippen LogP contribution < -0.4 is 5.19 Å². The second kappa shape index (κ2) is 14.4. The van der Waals surface area contributed by atoms with E-state index in [0.717, 1.165) is 22.7 Å². The predicted molar refractivity (Wildman–Crippen MR) is 178 cm³/mol. The Morgan fingerprint density at radius 3 is 1.71 bits per heavy atom. The average Bonchev–Trinajstić information content (AvgIpc) is 3.29. The van der Waals surface area contributed by atoms with Crippen LogP contribution in [-0.2, 0) is 38.9 Å². The minimum Gasteiger partial charge on any atom is -0.443 e. The number of fused-ring (bicyclic) bond motifs is 3. The number of hydrogen-bond donors (Lipinski definition) is 0. The summed E-state index contributed by atoms with van der Waals surface area (Å²) in [5.74, 6) is -0.0652. The maximum atomic E-state index is 13.7. The van der Waals surface area contributed by atoms with Crippen LogP contribution in [0.1, 0.15) is 16.7 Å². The molecule has 2 aliphatic heterocycles. The number of nitrogens with zero attached hydrogens (tertiary/aromatic N) is 1. The van der Waals surface area contributed by atoms with Gasteiger partial charge in [-0.15, -0.1) is 0 Å². The molecule has 0 aromatic heterocycles. The Bertz CT molecular complexity index is 1530. The third kappa shape index (κ3) is 7.63. The van der Waals surface area contributed by atoms with Gasteiger partial charge < -0.3 is 14.2 Å². The molecule has 0 unspecified atom stereocenters. The van der Waals surface area contributed by atoms with Crippen LogP contribution in [-0.4, -0.2) is 43.6 Å². The average molecular weight is 620 g/mol. The van der Waals surface area contributed by atoms with Crippen LogP contribution in [0, 0.1) is 5.92 Å². The van der Waals surface area contributed by atoms with Crippen molar-refractivity contribution < 1.29 is 23.8 Å². The lowest BCUT2D eigenvalue weighted by Crippen LogP contribution is -2.51. The molecule has 4 aromatic rings. The van der Waals surface area contributed by atoms with Crippen molar-refractivity contribution in [2.24, 2.45) is 5.92 Å². The molecule has 1 amide bonds. The number of hydrogen-bond acceptors (Lipinski definition) is 5. The summed E-state index contributed by atoms with van der Waals surface area (Å²) in [4.78, 5) is 20.2. The van der Waals surface area contributed by atoms with Crippen molar-refractivity contribution in [2.75, 3.05) is 0 Å². The molecule has 0 spiro atoms. The highest BCUT2D eigenvalue weighted by Crippen LogP contribution is 2.40. The lowest BCUT2D eigenvalue weighted by molar-refractivity contribution is -0.195. The maximum Gasteiger partial charge on any atom is 0.434 e. The van der Waals surface area contributed by atoms with Crippen molar-refractivity contribution in [2.45, 2.75) is 63.3 Å². The summed E-state index contributed by atoms with van der Waals surface area (Å²) >= 11 is 0. The zero-order chi connectivity index (χ0) is 31.1. The van der Waals surface area contributed by atoms with Gasteiger partial charge in [0.1, 0.15) is 24.9 Å². The SMILES string of the molecule is C[Si](C)(C[C@H]1[C@H](OCc2ccccc2)[C@H](OCc2ccccc2)[C@@H]2C=C[C@H]1ON2C(=O)OCc1ccccc1)c1ccccc1. The Balaban J connectivity index is 1.33. The van der Waals surface area contributed by atoms with E-state index >= 15 is 0 Å². The van der Waals surface area contributed by atoms with Crippen LogP contribution in [0.3, 0.4) is 0 Å². The number of rotatable bonds is 11. The van der Waals surface area contributed by atoms with E-state index in [1.165, 1.54) is 10.2 Å². The summed E-state index contributed by atoms with van der Waals surface area (Å²) in [6, 6.07) is 41.1. The van der Waals surface area contributed by atoms with Gasteiger partial charge in [-0.2, -0.15) is 5.06 Å². The molecule has 0 saturated carbocycles. The van der Waals surface area contributed by atoms with E-state index in [4.69, 9.17) is 19.0 Å². The monoisotopic (exact) mass is 619 g/mol. The number of amides is 1. The molecule has 2 bridgehead atoms. The van der Waals surface area contributed by atoms with Gasteiger partial charge in [0.15, 0.2) is 0 Å². The third-order valence-electron chi connectivity index (χ3n) is 8.77. The molecule has 232 valence electrons. The first kappa shape index (κ1) is 31.0. The minimum atomic E-state index is -1.99. The molecule has 7 heteroatoms. The largest absolute Gasteiger partial charge is 0.443 e. The summed E-state index contributed by atoms with van der Waals surface area (Å²) in [6.07, 6.45) is 2.38. The molecule has 1 aliphatic carbocycles. The molecular weight excluding hydrogens is 579 g/mol. The van der Waals surface area contributed by atoms with Crippen molar-refractivity contribution in [3.63, 3.8) is 0 Å². The molecule has 6 nitrogen and oxygen atoms in total. The van der Waals surface area contributed by atoms with E-state index in [-0.39, 0.29) is 24.7 Å². The highest BCUT2D eigenvalue weighted by atomic mass is 28.3. The second-order valence-electron chi connectivity index (χ2n) is 12.5. The smallest absolute Gasteiger partial charge is 0.434 e. The van der Waals surface area contributed by atoms with Gasteiger partial charge in [-0.25, -0.2) is 4.79 Å². The van der Waals surface area contributed by atoms with Gasteiger partial charge in [-0.1, -0.05) is 152 Å². The molecular formula is C38H41NO5Si. The second-order valence-corrected chi connectivity index (χ2v) is 17.2. The van der Waals surface area contributed by atoms with Gasteiger partial charge in [-0.3, -0.25) is 4.84 Å². The summed E-state index contributed by atoms with van der Waals surface area (Å²) in [7, 11) is -1.99.